The van der Waals surface area contributed by atoms with Crippen molar-refractivity contribution in [2.75, 3.05) is 12.9 Å². The number of carboxylic acids is 1. The molecule has 94 valence electrons. The average molecular weight is 321 g/mol. The van der Waals surface area contributed by atoms with Crippen LogP contribution >= 0.6 is 15.9 Å². The highest BCUT2D eigenvalue weighted by atomic mass is 79.9. The summed E-state index contributed by atoms with van der Waals surface area (Å²) in [5, 5.41) is 8.51. The van der Waals surface area contributed by atoms with E-state index >= 15 is 0 Å². The van der Waals surface area contributed by atoms with Crippen molar-refractivity contribution >= 4 is 32.7 Å². The van der Waals surface area contributed by atoms with Crippen LogP contribution in [0.2, 0.25) is 0 Å². The standard InChI is InChI=1S/C11H13BrO4S/c1-16-10-3-2-9(12)6-8(10)7-17(15)5-4-11(13)14/h2-3,6H,4-5,7H2,1H3,(H,13,14). The molecule has 0 heterocycles. The molecule has 0 aromatic heterocycles. The van der Waals surface area contributed by atoms with Gasteiger partial charge in [0.05, 0.1) is 19.3 Å². The van der Waals surface area contributed by atoms with Crippen molar-refractivity contribution in [3.05, 3.63) is 28.2 Å². The molecule has 0 saturated heterocycles. The van der Waals surface area contributed by atoms with Crippen molar-refractivity contribution in [2.24, 2.45) is 0 Å². The van der Waals surface area contributed by atoms with Crippen LogP contribution in [0, 0.1) is 0 Å². The summed E-state index contributed by atoms with van der Waals surface area (Å²) in [6, 6.07) is 5.45. The van der Waals surface area contributed by atoms with E-state index in [9.17, 15) is 9.00 Å². The normalized spacial score (nSPS) is 12.1. The molecule has 0 spiro atoms. The summed E-state index contributed by atoms with van der Waals surface area (Å²) in [4.78, 5) is 10.4. The van der Waals surface area contributed by atoms with Crippen LogP contribution in [0.4, 0.5) is 0 Å². The quantitative estimate of drug-likeness (QED) is 0.872. The second kappa shape index (κ2) is 6.76. The first-order valence-corrected chi connectivity index (χ1v) is 7.20. The van der Waals surface area contributed by atoms with Gasteiger partial charge in [-0.25, -0.2) is 0 Å². The highest BCUT2D eigenvalue weighted by Crippen LogP contribution is 2.24. The van der Waals surface area contributed by atoms with Crippen molar-refractivity contribution in [1.82, 2.24) is 0 Å². The van der Waals surface area contributed by atoms with Gasteiger partial charge in [0.25, 0.3) is 0 Å². The zero-order valence-electron chi connectivity index (χ0n) is 9.31. The number of rotatable bonds is 6. The second-order valence-electron chi connectivity index (χ2n) is 3.39. The smallest absolute Gasteiger partial charge is 0.304 e. The number of hydrogen-bond donors (Lipinski definition) is 1. The van der Waals surface area contributed by atoms with Crippen molar-refractivity contribution < 1.29 is 18.8 Å². The van der Waals surface area contributed by atoms with Gasteiger partial charge in [0.2, 0.25) is 0 Å². The molecular weight excluding hydrogens is 308 g/mol. The lowest BCUT2D eigenvalue weighted by Crippen LogP contribution is -2.07. The average Bonchev–Trinajstić information content (AvgIpc) is 2.27. The Morgan fingerprint density at radius 1 is 1.53 bits per heavy atom. The second-order valence-corrected chi connectivity index (χ2v) is 5.88. The number of benzene rings is 1. The van der Waals surface area contributed by atoms with Gasteiger partial charge in [-0.2, -0.15) is 0 Å². The molecule has 1 aromatic carbocycles. The maximum atomic E-state index is 11.7. The van der Waals surface area contributed by atoms with Gasteiger partial charge in [-0.1, -0.05) is 15.9 Å². The van der Waals surface area contributed by atoms with Gasteiger partial charge in [0.1, 0.15) is 5.75 Å². The Bertz CT molecular complexity index is 433. The van der Waals surface area contributed by atoms with Gasteiger partial charge >= 0.3 is 5.97 Å². The lowest BCUT2D eigenvalue weighted by Gasteiger charge is -2.08. The molecule has 6 heteroatoms. The van der Waals surface area contributed by atoms with Crippen LogP contribution in [0.15, 0.2) is 22.7 Å². The molecular formula is C11H13BrO4S. The third-order valence-corrected chi connectivity index (χ3v) is 3.89. The van der Waals surface area contributed by atoms with Crippen LogP contribution in [0.25, 0.3) is 0 Å². The van der Waals surface area contributed by atoms with E-state index in [2.05, 4.69) is 15.9 Å². The number of methoxy groups -OCH3 is 1. The fourth-order valence-corrected chi connectivity index (χ4v) is 2.83. The van der Waals surface area contributed by atoms with E-state index < -0.39 is 16.8 Å². The van der Waals surface area contributed by atoms with Gasteiger partial charge in [-0.05, 0) is 18.2 Å². The first-order chi connectivity index (χ1) is 8.02. The summed E-state index contributed by atoms with van der Waals surface area (Å²) in [6.45, 7) is 0. The monoisotopic (exact) mass is 320 g/mol. The van der Waals surface area contributed by atoms with Gasteiger partial charge in [0.15, 0.2) is 0 Å². The minimum absolute atomic E-state index is 0.0804. The molecule has 1 unspecified atom stereocenters. The highest BCUT2D eigenvalue weighted by Gasteiger charge is 2.09. The largest absolute Gasteiger partial charge is 0.496 e. The molecule has 0 fully saturated rings. The van der Waals surface area contributed by atoms with Gasteiger partial charge in [-0.15, -0.1) is 0 Å². The molecule has 17 heavy (non-hydrogen) atoms. The fourth-order valence-electron chi connectivity index (χ4n) is 1.31. The van der Waals surface area contributed by atoms with Crippen LogP contribution in [0.3, 0.4) is 0 Å². The summed E-state index contributed by atoms with van der Waals surface area (Å²) in [5.41, 5.74) is 0.811. The van der Waals surface area contributed by atoms with E-state index in [1.54, 1.807) is 13.2 Å². The summed E-state index contributed by atoms with van der Waals surface area (Å²) in [7, 11) is 0.355. The Morgan fingerprint density at radius 2 is 2.24 bits per heavy atom. The Labute approximate surface area is 111 Å². The van der Waals surface area contributed by atoms with Crippen LogP contribution < -0.4 is 4.74 Å². The molecule has 1 rings (SSSR count). The zero-order valence-corrected chi connectivity index (χ0v) is 11.7. The van der Waals surface area contributed by atoms with E-state index in [1.165, 1.54) is 0 Å². The summed E-state index contributed by atoms with van der Waals surface area (Å²) < 4.78 is 17.7. The molecule has 1 aromatic rings. The molecule has 1 N–H and O–H groups in total. The predicted molar refractivity (Wildman–Crippen MR) is 69.7 cm³/mol. The van der Waals surface area contributed by atoms with E-state index in [0.717, 1.165) is 10.0 Å². The minimum Gasteiger partial charge on any atom is -0.496 e. The fraction of sp³-hybridized carbons (Fsp3) is 0.364. The maximum Gasteiger partial charge on any atom is 0.304 e. The Balaban J connectivity index is 2.69. The van der Waals surface area contributed by atoms with Gasteiger partial charge in [-0.3, -0.25) is 9.00 Å². The lowest BCUT2D eigenvalue weighted by atomic mass is 10.2. The molecule has 1 atom stereocenters. The van der Waals surface area contributed by atoms with Crippen molar-refractivity contribution in [1.29, 1.82) is 0 Å². The van der Waals surface area contributed by atoms with E-state index in [-0.39, 0.29) is 12.2 Å². The van der Waals surface area contributed by atoms with Crippen LogP contribution in [-0.4, -0.2) is 28.1 Å². The number of carbonyl (C=O) groups is 1. The number of ether oxygens (including phenoxy) is 1. The van der Waals surface area contributed by atoms with E-state index in [4.69, 9.17) is 9.84 Å². The minimum atomic E-state index is -1.19. The first-order valence-electron chi connectivity index (χ1n) is 4.92. The third-order valence-electron chi connectivity index (χ3n) is 2.10. The number of carboxylic acid groups (broad SMARTS) is 1. The Hall–Kier alpha value is -0.880. The summed E-state index contributed by atoms with van der Waals surface area (Å²) in [5.74, 6) is 0.192. The van der Waals surface area contributed by atoms with Crippen LogP contribution in [-0.2, 0) is 21.3 Å². The Kier molecular flexibility index (Phi) is 5.64. The number of hydrogen-bond acceptors (Lipinski definition) is 3. The van der Waals surface area contributed by atoms with Crippen molar-refractivity contribution in [3.63, 3.8) is 0 Å². The molecule has 0 aliphatic rings. The van der Waals surface area contributed by atoms with Crippen molar-refractivity contribution in [3.8, 4) is 5.75 Å². The Morgan fingerprint density at radius 3 is 2.82 bits per heavy atom. The summed E-state index contributed by atoms with van der Waals surface area (Å²) >= 11 is 3.33. The molecule has 0 bridgehead atoms. The van der Waals surface area contributed by atoms with Crippen LogP contribution in [0.5, 0.6) is 5.75 Å². The zero-order chi connectivity index (χ0) is 12.8. The maximum absolute atomic E-state index is 11.7. The topological polar surface area (TPSA) is 63.6 Å². The van der Waals surface area contributed by atoms with Gasteiger partial charge in [0, 0.05) is 26.6 Å². The van der Waals surface area contributed by atoms with E-state index in [1.807, 2.05) is 12.1 Å². The molecule has 4 nitrogen and oxygen atoms in total. The SMILES string of the molecule is COc1ccc(Br)cc1CS(=O)CCC(=O)O. The molecule has 0 aliphatic heterocycles. The van der Waals surface area contributed by atoms with Gasteiger partial charge < -0.3 is 9.84 Å². The third kappa shape index (κ3) is 4.87. The summed E-state index contributed by atoms with van der Waals surface area (Å²) in [6.07, 6.45) is -0.0804. The highest BCUT2D eigenvalue weighted by molar-refractivity contribution is 9.10. The molecule has 0 aliphatic carbocycles. The molecule has 0 saturated carbocycles. The van der Waals surface area contributed by atoms with Crippen molar-refractivity contribution in [2.45, 2.75) is 12.2 Å². The first kappa shape index (κ1) is 14.2. The lowest BCUT2D eigenvalue weighted by molar-refractivity contribution is -0.136. The number of halogens is 1. The molecule has 0 amide bonds. The predicted octanol–water partition coefficient (Wildman–Crippen LogP) is 2.18. The molecule has 0 radical (unpaired) electrons. The van der Waals surface area contributed by atoms with Crippen LogP contribution in [0.1, 0.15) is 12.0 Å². The van der Waals surface area contributed by atoms with E-state index in [0.29, 0.717) is 11.5 Å². The number of aliphatic carboxylic acids is 1.